The first-order valence-corrected chi connectivity index (χ1v) is 35.5. The summed E-state index contributed by atoms with van der Waals surface area (Å²) in [5, 5.41) is 66.3. The fourth-order valence-electron chi connectivity index (χ4n) is 11.1. The normalized spacial score (nSPS) is 20.5. The van der Waals surface area contributed by atoms with Gasteiger partial charge in [0.05, 0.1) is 18.4 Å². The average Bonchev–Trinajstić information content (AvgIpc) is 1.25. The number of amides is 8. The van der Waals surface area contributed by atoms with Crippen molar-refractivity contribution in [1.29, 1.82) is 0 Å². The van der Waals surface area contributed by atoms with Gasteiger partial charge in [0.1, 0.15) is 48.0 Å². The van der Waals surface area contributed by atoms with Crippen molar-refractivity contribution in [2.45, 2.75) is 165 Å². The van der Waals surface area contributed by atoms with Gasteiger partial charge in [-0.25, -0.2) is 4.79 Å². The zero-order valence-corrected chi connectivity index (χ0v) is 57.0. The number of aromatic hydroxyl groups is 1. The van der Waals surface area contributed by atoms with Crippen LogP contribution >= 0.6 is 21.6 Å². The summed E-state index contributed by atoms with van der Waals surface area (Å²) >= 11 is 0. The Morgan fingerprint density at radius 1 is 0.726 bits per heavy atom. The smallest absolute Gasteiger partial charge is 0.328 e. The third-order valence-electron chi connectivity index (χ3n) is 16.0. The van der Waals surface area contributed by atoms with Crippen LogP contribution in [0.1, 0.15) is 96.9 Å². The summed E-state index contributed by atoms with van der Waals surface area (Å²) < 4.78 is 17.0. The number of aromatic nitrogens is 1. The molecule has 25 nitrogen and oxygen atoms in total. The number of nitrogens with two attached hydrogens (primary N) is 1. The molecular formula is C66H88FN11O14S2Si. The largest absolute Gasteiger partial charge is 0.508 e. The molecule has 0 bridgehead atoms. The van der Waals surface area contributed by atoms with Gasteiger partial charge in [-0.3, -0.25) is 38.4 Å². The van der Waals surface area contributed by atoms with Crippen LogP contribution in [0.25, 0.3) is 10.9 Å². The Morgan fingerprint density at radius 3 is 1.95 bits per heavy atom. The summed E-state index contributed by atoms with van der Waals surface area (Å²) in [6, 6.07) is 15.5. The number of H-pyrrole nitrogens is 1. The number of benzene rings is 4. The molecule has 1 fully saturated rings. The maximum absolute atomic E-state index is 17.0. The Kier molecular flexibility index (Phi) is 27.8. The number of fused-ring (bicyclic) bond motifs is 1. The zero-order valence-electron chi connectivity index (χ0n) is 54.4. The lowest BCUT2D eigenvalue weighted by molar-refractivity contribution is -0.145. The molecule has 6 rings (SSSR count). The highest BCUT2D eigenvalue weighted by molar-refractivity contribution is 8.76. The highest BCUT2D eigenvalue weighted by atomic mass is 33.1. The van der Waals surface area contributed by atoms with Crippen LogP contribution < -0.4 is 53.5 Å². The molecule has 1 aromatic heterocycles. The van der Waals surface area contributed by atoms with Crippen LogP contribution in [0.4, 0.5) is 4.11 Å². The second-order valence-corrected chi connectivity index (χ2v) is 32.9. The number of hydrogen-bond donors (Lipinski definition) is 14. The van der Waals surface area contributed by atoms with Gasteiger partial charge in [0.25, 0.3) is 14.3 Å². The minimum atomic E-state index is -3.56. The number of carbonyl (C=O) groups excluding carboxylic acids is 8. The number of carbonyl (C=O) groups is 9. The number of para-hydroxylation sites is 1. The molecule has 15 N–H and O–H groups in total. The van der Waals surface area contributed by atoms with Crippen molar-refractivity contribution in [2.24, 2.45) is 10.9 Å². The number of phenolic OH excluding ortho intramolecular Hbond substituents is 1. The van der Waals surface area contributed by atoms with Gasteiger partial charge in [-0.2, -0.15) is 0 Å². The fourth-order valence-corrected chi connectivity index (χ4v) is 18.0. The number of hydrogen-bond acceptors (Lipinski definition) is 17. The van der Waals surface area contributed by atoms with E-state index in [1.807, 2.05) is 41.5 Å². The molecule has 3 unspecified atom stereocenters. The number of nitrogens with zero attached hydrogens (tertiary/aromatic N) is 1. The van der Waals surface area contributed by atoms with E-state index in [1.54, 1.807) is 85.1 Å². The summed E-state index contributed by atoms with van der Waals surface area (Å²) in [6.45, 7) is 13.2. The van der Waals surface area contributed by atoms with Crippen LogP contribution in [0.15, 0.2) is 114 Å². The predicted octanol–water partition coefficient (Wildman–Crippen LogP) is 2.92. The van der Waals surface area contributed by atoms with Gasteiger partial charge in [0, 0.05) is 47.9 Å². The zero-order chi connectivity index (χ0) is 69.8. The lowest BCUT2D eigenvalue weighted by atomic mass is 10.0. The number of halogens is 1. The second kappa shape index (κ2) is 34.9. The molecule has 1 aliphatic rings. The van der Waals surface area contributed by atoms with Crippen LogP contribution in [-0.2, 0) is 67.3 Å². The van der Waals surface area contributed by atoms with E-state index in [9.17, 15) is 54.0 Å². The molecule has 95 heavy (non-hydrogen) atoms. The first kappa shape index (κ1) is 75.7. The van der Waals surface area contributed by atoms with Crippen molar-refractivity contribution in [3.05, 3.63) is 132 Å². The maximum Gasteiger partial charge on any atom is 0.328 e. The lowest BCUT2D eigenvalue weighted by Crippen LogP contribution is -2.62. The number of carboxylic acids is 1. The number of rotatable bonds is 23. The second-order valence-electron chi connectivity index (χ2n) is 25.5. The van der Waals surface area contributed by atoms with Crippen molar-refractivity contribution in [2.75, 3.05) is 24.7 Å². The van der Waals surface area contributed by atoms with Crippen molar-refractivity contribution in [1.82, 2.24) is 47.5 Å². The molecule has 1 aliphatic heterocycles. The quantitative estimate of drug-likeness (QED) is 0.0112. The summed E-state index contributed by atoms with van der Waals surface area (Å²) in [5.41, 5.74) is 8.65. The van der Waals surface area contributed by atoms with Crippen molar-refractivity contribution in [3.8, 4) is 5.75 Å². The Labute approximate surface area is 560 Å². The number of oxime groups is 1. The number of aliphatic hydroxyl groups is 2. The predicted molar refractivity (Wildman–Crippen MR) is 364 cm³/mol. The van der Waals surface area contributed by atoms with Crippen LogP contribution in [-0.4, -0.2) is 178 Å². The van der Waals surface area contributed by atoms with E-state index in [-0.39, 0.29) is 50.2 Å². The van der Waals surface area contributed by atoms with Gasteiger partial charge in [-0.15, -0.1) is 0 Å². The Balaban J connectivity index is 1.37. The highest BCUT2D eigenvalue weighted by Crippen LogP contribution is 2.51. The third-order valence-corrected chi connectivity index (χ3v) is 23.7. The molecule has 0 saturated carbocycles. The van der Waals surface area contributed by atoms with Gasteiger partial charge < -0.3 is 82.6 Å². The standard InChI is InChI=1S/C66H88FN11O14S2Si/c1-38(79)55-63(89)76-53(62(88)78-56(39(2)80)64(90)91)37-94-93-36-52(75-58(84)49(30-40-16-10-9-11-17-40)71-54(82)35-92-70-33-42-23-27-45(28-24-42)95(67,65(3,4)5)66(6,7)8)61(87)73-50(31-41-21-25-44(81)26-22-41)59(85)74-51(32-43-34-69-47-19-13-12-18-46(43)47)60(86)72-48(57(83)77-55)20-14-15-29-68/h9-13,16-19,21-28,33-34,38-39,48-53,55-56,69,79-81H,14-15,20,29-32,35-37,68H2,1-8H3,(H,71,82)(H,72,86)(H,73,87)(H,74,85)(H,75,84)(H,76,89)(H,77,83)(H,78,88)(H,90,91)/b70-33+/t38-,39-,48-,49-,50?,51+,52-,53?,55?,56-/m0/s1/i67+0. The summed E-state index contributed by atoms with van der Waals surface area (Å²) in [5.74, 6) is -10.2. The first-order chi connectivity index (χ1) is 44.9. The average molecular weight is 1370 g/mol. The van der Waals surface area contributed by atoms with E-state index >= 15 is 13.7 Å². The van der Waals surface area contributed by atoms with E-state index in [2.05, 4.69) is 52.7 Å². The van der Waals surface area contributed by atoms with Crippen molar-refractivity contribution >= 4 is 106 Å². The van der Waals surface area contributed by atoms with Gasteiger partial charge >= 0.3 is 5.97 Å². The summed E-state index contributed by atoms with van der Waals surface area (Å²) in [6.07, 6.45) is -0.280. The first-order valence-electron chi connectivity index (χ1n) is 31.2. The van der Waals surface area contributed by atoms with E-state index in [4.69, 9.17) is 10.6 Å². The molecule has 0 radical (unpaired) electrons. The van der Waals surface area contributed by atoms with Crippen LogP contribution in [0.3, 0.4) is 0 Å². The molecular weight excluding hydrogens is 1280 g/mol. The Morgan fingerprint density at radius 2 is 1.33 bits per heavy atom. The Hall–Kier alpha value is -8.35. The molecule has 514 valence electrons. The van der Waals surface area contributed by atoms with Crippen LogP contribution in [0.2, 0.25) is 10.1 Å². The van der Waals surface area contributed by atoms with Gasteiger partial charge in [-0.1, -0.05) is 153 Å². The fraction of sp³-hybridized carbons (Fsp3) is 0.455. The maximum atomic E-state index is 17.0. The van der Waals surface area contributed by atoms with E-state index in [1.165, 1.54) is 37.4 Å². The molecule has 4 aromatic carbocycles. The monoisotopic (exact) mass is 1370 g/mol. The molecule has 29 heteroatoms. The minimum Gasteiger partial charge on any atom is -0.508 e. The molecule has 8 amide bonds. The van der Waals surface area contributed by atoms with Crippen molar-refractivity contribution in [3.63, 3.8) is 0 Å². The molecule has 0 spiro atoms. The summed E-state index contributed by atoms with van der Waals surface area (Å²) in [7, 11) is -1.83. The number of nitrogens with one attached hydrogen (secondary N) is 9. The van der Waals surface area contributed by atoms with Gasteiger partial charge in [0.15, 0.2) is 12.6 Å². The van der Waals surface area contributed by atoms with Gasteiger partial charge in [-0.05, 0) is 95.4 Å². The molecule has 10 atom stereocenters. The SMILES string of the molecule is C[C@H](O)C1NC(=O)[C@H](CCCCN)NC(=O)[C@@H](Cc2c[nH]c3ccccc23)NC(=O)C(Cc2ccc(O)cc2)NC(=O)[C@@H](NC(=O)[C@H](Cc2ccccc2)NC(=O)CO/N=C/c2ccc([Si]([19F])(C(C)(C)C)C(C)(C)C)cc2)CSSCC(C(=O)N[C@H](C(=O)O)[C@H](C)O)NC1=O. The number of unbranched alkanes of at least 4 members (excludes halogenated alkanes) is 1. The number of phenols is 1. The molecule has 0 aliphatic carbocycles. The van der Waals surface area contributed by atoms with Crippen LogP contribution in [0.5, 0.6) is 5.75 Å². The van der Waals surface area contributed by atoms with Crippen molar-refractivity contribution < 1.29 is 72.5 Å². The molecule has 2 heterocycles. The van der Waals surface area contributed by atoms with Gasteiger partial charge in [0.2, 0.25) is 41.4 Å². The summed E-state index contributed by atoms with van der Waals surface area (Å²) in [4.78, 5) is 137. The topological polar surface area (TPSA) is 394 Å². The Bertz CT molecular complexity index is 3470. The third kappa shape index (κ3) is 21.6. The van der Waals surface area contributed by atoms with E-state index < -0.39 is 145 Å². The lowest BCUT2D eigenvalue weighted by Gasteiger charge is -2.44. The highest BCUT2D eigenvalue weighted by Gasteiger charge is 2.56. The van der Waals surface area contributed by atoms with E-state index in [0.29, 0.717) is 44.8 Å². The number of aromatic amines is 1. The minimum absolute atomic E-state index is 0.0616. The van der Waals surface area contributed by atoms with Crippen LogP contribution in [0, 0.1) is 0 Å². The molecule has 5 aromatic rings. The number of aliphatic carboxylic acids is 1. The number of aliphatic hydroxyl groups excluding tert-OH is 2. The molecule has 1 saturated heterocycles. The number of carboxylic acid groups (broad SMARTS) is 1. The van der Waals surface area contributed by atoms with E-state index in [0.717, 1.165) is 28.5 Å².